The summed E-state index contributed by atoms with van der Waals surface area (Å²) in [5.74, 6) is 0.660. The molecule has 34 heavy (non-hydrogen) atoms. The Morgan fingerprint density at radius 2 is 1.79 bits per heavy atom. The maximum absolute atomic E-state index is 10.8. The number of aliphatic hydroxyl groups excluding tert-OH is 1. The maximum atomic E-state index is 10.8. The molecule has 2 atom stereocenters. The fourth-order valence-corrected chi connectivity index (χ4v) is 4.53. The Morgan fingerprint density at radius 3 is 2.44 bits per heavy atom. The summed E-state index contributed by atoms with van der Waals surface area (Å²) in [5.41, 5.74) is 3.66. The van der Waals surface area contributed by atoms with Gasteiger partial charge in [0.25, 0.3) is 0 Å². The van der Waals surface area contributed by atoms with Gasteiger partial charge in [-0.15, -0.1) is 0 Å². The SMILES string of the molecule is C[C@@H]1CN(c2ccc(OCCO)cc2O)[C@H](c2ccc(Cl)cc2)CN1Cc1ccc(C#N)cc1. The highest BCUT2D eigenvalue weighted by Crippen LogP contribution is 2.39. The maximum Gasteiger partial charge on any atom is 0.142 e. The van der Waals surface area contributed by atoms with Crippen molar-refractivity contribution in [1.29, 1.82) is 5.26 Å². The van der Waals surface area contributed by atoms with Crippen molar-refractivity contribution < 1.29 is 14.9 Å². The van der Waals surface area contributed by atoms with Crippen LogP contribution in [0.2, 0.25) is 5.02 Å². The summed E-state index contributed by atoms with van der Waals surface area (Å²) in [5, 5.41) is 29.6. The number of anilines is 1. The molecule has 3 aromatic rings. The predicted octanol–water partition coefficient (Wildman–Crippen LogP) is 4.74. The molecule has 1 heterocycles. The van der Waals surface area contributed by atoms with Crippen LogP contribution in [-0.2, 0) is 6.54 Å². The molecule has 0 unspecified atom stereocenters. The summed E-state index contributed by atoms with van der Waals surface area (Å²) in [6.45, 7) is 4.52. The van der Waals surface area contributed by atoms with Crippen LogP contribution in [0.3, 0.4) is 0 Å². The highest BCUT2D eigenvalue weighted by molar-refractivity contribution is 6.30. The second kappa shape index (κ2) is 10.8. The monoisotopic (exact) mass is 477 g/mol. The largest absolute Gasteiger partial charge is 0.506 e. The second-order valence-corrected chi connectivity index (χ2v) is 8.97. The fourth-order valence-electron chi connectivity index (χ4n) is 4.40. The number of aliphatic hydroxyl groups is 1. The molecule has 0 radical (unpaired) electrons. The smallest absolute Gasteiger partial charge is 0.142 e. The number of nitriles is 1. The van der Waals surface area contributed by atoms with Crippen molar-refractivity contribution in [3.8, 4) is 17.6 Å². The lowest BCUT2D eigenvalue weighted by atomic mass is 9.97. The van der Waals surface area contributed by atoms with E-state index in [-0.39, 0.29) is 31.0 Å². The number of phenols is 1. The van der Waals surface area contributed by atoms with Crippen LogP contribution < -0.4 is 9.64 Å². The Balaban J connectivity index is 1.62. The zero-order valence-corrected chi connectivity index (χ0v) is 19.8. The van der Waals surface area contributed by atoms with E-state index in [9.17, 15) is 5.11 Å². The van der Waals surface area contributed by atoms with Crippen LogP contribution in [0.5, 0.6) is 11.5 Å². The van der Waals surface area contributed by atoms with Crippen molar-refractivity contribution in [3.63, 3.8) is 0 Å². The highest BCUT2D eigenvalue weighted by Gasteiger charge is 2.34. The molecule has 1 fully saturated rings. The summed E-state index contributed by atoms with van der Waals surface area (Å²) in [6, 6.07) is 23.2. The Hall–Kier alpha value is -3.24. The first-order chi connectivity index (χ1) is 16.5. The Kier molecular flexibility index (Phi) is 7.59. The minimum absolute atomic E-state index is 0.00181. The third-order valence-corrected chi connectivity index (χ3v) is 6.46. The van der Waals surface area contributed by atoms with Crippen molar-refractivity contribution in [3.05, 3.63) is 88.4 Å². The quantitative estimate of drug-likeness (QED) is 0.511. The van der Waals surface area contributed by atoms with Crippen molar-refractivity contribution >= 4 is 17.3 Å². The number of ether oxygens (including phenoxy) is 1. The molecule has 1 aliphatic rings. The number of rotatable bonds is 7. The van der Waals surface area contributed by atoms with Crippen molar-refractivity contribution in [1.82, 2.24) is 4.90 Å². The van der Waals surface area contributed by atoms with Crippen LogP contribution in [0.15, 0.2) is 66.7 Å². The Morgan fingerprint density at radius 1 is 1.06 bits per heavy atom. The first-order valence-electron chi connectivity index (χ1n) is 11.3. The molecule has 1 aliphatic heterocycles. The third-order valence-electron chi connectivity index (χ3n) is 6.21. The van der Waals surface area contributed by atoms with E-state index in [0.717, 1.165) is 29.9 Å². The molecular weight excluding hydrogens is 450 g/mol. The Bertz CT molecular complexity index is 1150. The molecule has 6 nitrogen and oxygen atoms in total. The molecular formula is C27H28ClN3O3. The molecule has 0 amide bonds. The molecule has 0 aliphatic carbocycles. The number of phenolic OH excluding ortho intramolecular Hbond substituents is 1. The number of nitrogens with zero attached hydrogens (tertiary/aromatic N) is 3. The third kappa shape index (κ3) is 5.45. The van der Waals surface area contributed by atoms with Gasteiger partial charge in [-0.2, -0.15) is 5.26 Å². The zero-order chi connectivity index (χ0) is 24.1. The molecule has 0 spiro atoms. The van der Waals surface area contributed by atoms with E-state index in [0.29, 0.717) is 22.9 Å². The van der Waals surface area contributed by atoms with Crippen molar-refractivity contribution in [2.24, 2.45) is 0 Å². The van der Waals surface area contributed by atoms with Gasteiger partial charge in [-0.05, 0) is 54.4 Å². The van der Waals surface area contributed by atoms with Gasteiger partial charge in [-0.1, -0.05) is 35.9 Å². The van der Waals surface area contributed by atoms with Gasteiger partial charge >= 0.3 is 0 Å². The van der Waals surface area contributed by atoms with E-state index in [4.69, 9.17) is 26.7 Å². The molecule has 4 rings (SSSR count). The molecule has 2 N–H and O–H groups in total. The van der Waals surface area contributed by atoms with Crippen LogP contribution >= 0.6 is 11.6 Å². The van der Waals surface area contributed by atoms with Gasteiger partial charge in [0.2, 0.25) is 0 Å². The van der Waals surface area contributed by atoms with E-state index in [1.54, 1.807) is 6.07 Å². The molecule has 0 saturated carbocycles. The number of benzene rings is 3. The zero-order valence-electron chi connectivity index (χ0n) is 19.1. The fraction of sp³-hybridized carbons (Fsp3) is 0.296. The summed E-state index contributed by atoms with van der Waals surface area (Å²) >= 11 is 6.15. The lowest BCUT2D eigenvalue weighted by molar-refractivity contribution is 0.153. The second-order valence-electron chi connectivity index (χ2n) is 8.53. The number of piperazine rings is 1. The topological polar surface area (TPSA) is 80.0 Å². The van der Waals surface area contributed by atoms with Crippen LogP contribution in [0.25, 0.3) is 0 Å². The van der Waals surface area contributed by atoms with E-state index < -0.39 is 0 Å². The Labute approximate surface area is 205 Å². The van der Waals surface area contributed by atoms with Crippen LogP contribution in [0.1, 0.15) is 29.7 Å². The normalized spacial score (nSPS) is 18.5. The highest BCUT2D eigenvalue weighted by atomic mass is 35.5. The molecule has 0 bridgehead atoms. The van der Waals surface area contributed by atoms with Crippen LogP contribution in [0, 0.1) is 11.3 Å². The molecule has 3 aromatic carbocycles. The molecule has 176 valence electrons. The van der Waals surface area contributed by atoms with E-state index in [1.807, 2.05) is 60.7 Å². The average Bonchev–Trinajstić information content (AvgIpc) is 2.85. The van der Waals surface area contributed by atoms with Gasteiger partial charge in [-0.25, -0.2) is 0 Å². The standard InChI is InChI=1S/C27H28ClN3O3/c1-19-16-31(25-11-10-24(14-27(25)33)34-13-12-32)26(22-6-8-23(28)9-7-22)18-30(19)17-21-4-2-20(15-29)3-5-21/h2-11,14,19,26,32-33H,12-13,16-18H2,1H3/t19-,26+/m1/s1. The first-order valence-corrected chi connectivity index (χ1v) is 11.7. The van der Waals surface area contributed by atoms with Gasteiger partial charge in [0.05, 0.1) is 30.0 Å². The van der Waals surface area contributed by atoms with Crippen LogP contribution in [-0.4, -0.2) is 47.5 Å². The lowest BCUT2D eigenvalue weighted by Gasteiger charge is -2.47. The van der Waals surface area contributed by atoms with Gasteiger partial charge in [0.15, 0.2) is 0 Å². The summed E-state index contributed by atoms with van der Waals surface area (Å²) in [7, 11) is 0. The van der Waals surface area contributed by atoms with Gasteiger partial charge in [0, 0.05) is 36.8 Å². The van der Waals surface area contributed by atoms with Crippen molar-refractivity contribution in [2.75, 3.05) is 31.2 Å². The van der Waals surface area contributed by atoms with Gasteiger partial charge < -0.3 is 19.8 Å². The van der Waals surface area contributed by atoms with Crippen molar-refractivity contribution in [2.45, 2.75) is 25.6 Å². The number of aromatic hydroxyl groups is 1. The van der Waals surface area contributed by atoms with E-state index in [2.05, 4.69) is 22.8 Å². The van der Waals surface area contributed by atoms with E-state index in [1.165, 1.54) is 0 Å². The lowest BCUT2D eigenvalue weighted by Crippen LogP contribution is -2.53. The van der Waals surface area contributed by atoms with E-state index >= 15 is 0 Å². The summed E-state index contributed by atoms with van der Waals surface area (Å²) < 4.78 is 5.45. The number of hydrogen-bond acceptors (Lipinski definition) is 6. The number of halogens is 1. The summed E-state index contributed by atoms with van der Waals surface area (Å²) in [4.78, 5) is 4.65. The minimum Gasteiger partial charge on any atom is -0.506 e. The van der Waals surface area contributed by atoms with Gasteiger partial charge in [-0.3, -0.25) is 4.90 Å². The first kappa shape index (κ1) is 23.9. The minimum atomic E-state index is -0.0835. The molecule has 1 saturated heterocycles. The molecule has 0 aromatic heterocycles. The average molecular weight is 478 g/mol. The summed E-state index contributed by atoms with van der Waals surface area (Å²) in [6.07, 6.45) is 0. The van der Waals surface area contributed by atoms with Gasteiger partial charge in [0.1, 0.15) is 18.1 Å². The predicted molar refractivity (Wildman–Crippen MR) is 133 cm³/mol. The number of hydrogen-bond donors (Lipinski definition) is 2. The molecule has 7 heteroatoms. The van der Waals surface area contributed by atoms with Crippen LogP contribution in [0.4, 0.5) is 5.69 Å².